The standard InChI is InChI=1S/C22H23FN4O5S/c1-22(2,3)32-21(29)25-13-8-9-16(31-18-14(23)6-5-7-17(18)30-4)15(12-13)26-19(28)27-20-24-10-11-33-20/h5-12H,1-4H3,(H,25,29)(H2,24,26,27,28). The fourth-order valence-electron chi connectivity index (χ4n) is 2.61. The van der Waals surface area contributed by atoms with Gasteiger partial charge in [-0.15, -0.1) is 11.3 Å². The molecular weight excluding hydrogens is 451 g/mol. The van der Waals surface area contributed by atoms with E-state index in [9.17, 15) is 14.0 Å². The number of ether oxygens (including phenoxy) is 3. The number of carbonyl (C=O) groups is 2. The Bertz CT molecular complexity index is 1130. The smallest absolute Gasteiger partial charge is 0.412 e. The number of aromatic nitrogens is 1. The number of rotatable bonds is 6. The second-order valence-electron chi connectivity index (χ2n) is 7.63. The van der Waals surface area contributed by atoms with Crippen molar-refractivity contribution in [3.05, 3.63) is 53.8 Å². The number of halogens is 1. The molecule has 9 nitrogen and oxygen atoms in total. The van der Waals surface area contributed by atoms with Gasteiger partial charge >= 0.3 is 12.1 Å². The van der Waals surface area contributed by atoms with Gasteiger partial charge in [-0.1, -0.05) is 6.07 Å². The zero-order valence-electron chi connectivity index (χ0n) is 18.4. The maximum absolute atomic E-state index is 14.4. The largest absolute Gasteiger partial charge is 0.493 e. The molecule has 0 fully saturated rings. The van der Waals surface area contributed by atoms with Crippen LogP contribution in [-0.2, 0) is 4.74 Å². The topological polar surface area (TPSA) is 111 Å². The van der Waals surface area contributed by atoms with Crippen molar-refractivity contribution in [3.8, 4) is 17.2 Å². The van der Waals surface area contributed by atoms with Gasteiger partial charge in [0.25, 0.3) is 0 Å². The zero-order chi connectivity index (χ0) is 24.0. The second-order valence-corrected chi connectivity index (χ2v) is 8.52. The molecule has 1 aromatic heterocycles. The van der Waals surface area contributed by atoms with Crippen LogP contribution in [0, 0.1) is 5.82 Å². The molecule has 0 aliphatic carbocycles. The van der Waals surface area contributed by atoms with E-state index in [-0.39, 0.29) is 22.9 Å². The first kappa shape index (κ1) is 23.8. The summed E-state index contributed by atoms with van der Waals surface area (Å²) in [6, 6.07) is 8.08. The van der Waals surface area contributed by atoms with Gasteiger partial charge in [-0.25, -0.2) is 19.0 Å². The van der Waals surface area contributed by atoms with E-state index in [0.717, 1.165) is 0 Å². The van der Waals surface area contributed by atoms with E-state index in [1.165, 1.54) is 48.8 Å². The van der Waals surface area contributed by atoms with Crippen LogP contribution in [0.5, 0.6) is 17.2 Å². The van der Waals surface area contributed by atoms with Gasteiger partial charge in [0.1, 0.15) is 5.60 Å². The lowest BCUT2D eigenvalue weighted by Gasteiger charge is -2.20. The van der Waals surface area contributed by atoms with E-state index in [2.05, 4.69) is 20.9 Å². The number of anilines is 3. The molecule has 0 bridgehead atoms. The van der Waals surface area contributed by atoms with Crippen LogP contribution in [0.25, 0.3) is 0 Å². The Labute approximate surface area is 193 Å². The van der Waals surface area contributed by atoms with Gasteiger partial charge in [0.15, 0.2) is 22.4 Å². The SMILES string of the molecule is COc1cccc(F)c1Oc1ccc(NC(=O)OC(C)(C)C)cc1NC(=O)Nc1nccs1. The highest BCUT2D eigenvalue weighted by Crippen LogP contribution is 2.38. The molecule has 2 aromatic carbocycles. The lowest BCUT2D eigenvalue weighted by Crippen LogP contribution is -2.27. The van der Waals surface area contributed by atoms with Crippen LogP contribution < -0.4 is 25.4 Å². The molecule has 33 heavy (non-hydrogen) atoms. The molecule has 0 saturated carbocycles. The maximum atomic E-state index is 14.4. The second kappa shape index (κ2) is 10.2. The normalized spacial score (nSPS) is 10.8. The molecule has 1 heterocycles. The molecule has 0 unspecified atom stereocenters. The Kier molecular flexibility index (Phi) is 7.34. The van der Waals surface area contributed by atoms with Crippen molar-refractivity contribution < 1.29 is 28.2 Å². The monoisotopic (exact) mass is 474 g/mol. The van der Waals surface area contributed by atoms with Gasteiger partial charge in [0, 0.05) is 17.3 Å². The van der Waals surface area contributed by atoms with Crippen molar-refractivity contribution in [2.75, 3.05) is 23.1 Å². The number of hydrogen-bond acceptors (Lipinski definition) is 7. The molecule has 3 aromatic rings. The number of carbonyl (C=O) groups excluding carboxylic acids is 2. The molecular formula is C22H23FN4O5S. The molecule has 11 heteroatoms. The molecule has 0 aliphatic rings. The van der Waals surface area contributed by atoms with Crippen LogP contribution in [0.2, 0.25) is 0 Å². The van der Waals surface area contributed by atoms with Crippen molar-refractivity contribution in [1.82, 2.24) is 4.98 Å². The van der Waals surface area contributed by atoms with Crippen molar-refractivity contribution in [2.45, 2.75) is 26.4 Å². The Morgan fingerprint density at radius 1 is 1.06 bits per heavy atom. The van der Waals surface area contributed by atoms with Gasteiger partial charge in [0.05, 0.1) is 12.8 Å². The van der Waals surface area contributed by atoms with Crippen LogP contribution in [0.1, 0.15) is 20.8 Å². The Morgan fingerprint density at radius 3 is 2.52 bits per heavy atom. The summed E-state index contributed by atoms with van der Waals surface area (Å²) in [6.45, 7) is 5.21. The molecule has 3 rings (SSSR count). The number of hydrogen-bond donors (Lipinski definition) is 3. The predicted octanol–water partition coefficient (Wildman–Crippen LogP) is 6.07. The van der Waals surface area contributed by atoms with Gasteiger partial charge in [0.2, 0.25) is 5.75 Å². The highest BCUT2D eigenvalue weighted by atomic mass is 32.1. The third kappa shape index (κ3) is 6.81. The molecule has 0 saturated heterocycles. The van der Waals surface area contributed by atoms with E-state index < -0.39 is 23.5 Å². The van der Waals surface area contributed by atoms with Gasteiger partial charge < -0.3 is 19.5 Å². The zero-order valence-corrected chi connectivity index (χ0v) is 19.2. The van der Waals surface area contributed by atoms with Crippen LogP contribution in [0.4, 0.5) is 30.5 Å². The number of benzene rings is 2. The molecule has 0 radical (unpaired) electrons. The fourth-order valence-corrected chi connectivity index (χ4v) is 3.13. The summed E-state index contributed by atoms with van der Waals surface area (Å²) in [7, 11) is 1.39. The first-order chi connectivity index (χ1) is 15.6. The molecule has 0 spiro atoms. The van der Waals surface area contributed by atoms with Crippen LogP contribution in [0.15, 0.2) is 48.0 Å². The summed E-state index contributed by atoms with van der Waals surface area (Å²) in [5.74, 6) is -0.522. The molecule has 3 N–H and O–H groups in total. The lowest BCUT2D eigenvalue weighted by molar-refractivity contribution is 0.0636. The fraction of sp³-hybridized carbons (Fsp3) is 0.227. The van der Waals surface area contributed by atoms with Crippen molar-refractivity contribution in [1.29, 1.82) is 0 Å². The minimum Gasteiger partial charge on any atom is -0.493 e. The van der Waals surface area contributed by atoms with Crippen molar-refractivity contribution in [2.24, 2.45) is 0 Å². The molecule has 0 aliphatic heterocycles. The number of methoxy groups -OCH3 is 1. The number of para-hydroxylation sites is 1. The number of nitrogens with zero attached hydrogens (tertiary/aromatic N) is 1. The van der Waals surface area contributed by atoms with E-state index >= 15 is 0 Å². The molecule has 174 valence electrons. The number of urea groups is 1. The quantitative estimate of drug-likeness (QED) is 0.400. The van der Waals surface area contributed by atoms with Gasteiger partial charge in [-0.05, 0) is 51.1 Å². The maximum Gasteiger partial charge on any atom is 0.412 e. The number of nitrogens with one attached hydrogen (secondary N) is 3. The van der Waals surface area contributed by atoms with Crippen LogP contribution >= 0.6 is 11.3 Å². The van der Waals surface area contributed by atoms with Crippen molar-refractivity contribution in [3.63, 3.8) is 0 Å². The number of amides is 3. The Balaban J connectivity index is 1.89. The van der Waals surface area contributed by atoms with E-state index in [1.54, 1.807) is 38.4 Å². The Hall–Kier alpha value is -3.86. The van der Waals surface area contributed by atoms with Crippen molar-refractivity contribution >= 4 is 40.0 Å². The van der Waals surface area contributed by atoms with Gasteiger partial charge in [-0.3, -0.25) is 10.6 Å². The first-order valence-electron chi connectivity index (χ1n) is 9.76. The average molecular weight is 475 g/mol. The minimum absolute atomic E-state index is 0.113. The number of thiazole rings is 1. The van der Waals surface area contributed by atoms with E-state index in [1.807, 2.05) is 0 Å². The first-order valence-corrected chi connectivity index (χ1v) is 10.6. The summed E-state index contributed by atoms with van der Waals surface area (Å²) in [5.41, 5.74) is -0.215. The summed E-state index contributed by atoms with van der Waals surface area (Å²) < 4.78 is 30.5. The Morgan fingerprint density at radius 2 is 1.85 bits per heavy atom. The summed E-state index contributed by atoms with van der Waals surface area (Å²) in [6.07, 6.45) is 0.870. The molecule has 3 amide bonds. The summed E-state index contributed by atoms with van der Waals surface area (Å²) in [4.78, 5) is 28.6. The third-order valence-electron chi connectivity index (χ3n) is 3.89. The highest BCUT2D eigenvalue weighted by Gasteiger charge is 2.19. The van der Waals surface area contributed by atoms with Gasteiger partial charge in [-0.2, -0.15) is 0 Å². The molecule has 0 atom stereocenters. The third-order valence-corrected chi connectivity index (χ3v) is 4.58. The predicted molar refractivity (Wildman–Crippen MR) is 124 cm³/mol. The minimum atomic E-state index is -0.691. The lowest BCUT2D eigenvalue weighted by atomic mass is 10.2. The van der Waals surface area contributed by atoms with Crippen LogP contribution in [-0.4, -0.2) is 29.8 Å². The van der Waals surface area contributed by atoms with Crippen LogP contribution in [0.3, 0.4) is 0 Å². The highest BCUT2D eigenvalue weighted by molar-refractivity contribution is 7.13. The summed E-state index contributed by atoms with van der Waals surface area (Å²) >= 11 is 1.24. The average Bonchev–Trinajstić information content (AvgIpc) is 3.22. The summed E-state index contributed by atoms with van der Waals surface area (Å²) in [5, 5.41) is 9.88. The van der Waals surface area contributed by atoms with E-state index in [4.69, 9.17) is 14.2 Å². The van der Waals surface area contributed by atoms with E-state index in [0.29, 0.717) is 10.8 Å².